The van der Waals surface area contributed by atoms with Gasteiger partial charge < -0.3 is 9.84 Å². The van der Waals surface area contributed by atoms with Crippen LogP contribution in [0.3, 0.4) is 0 Å². The molecular formula is C11H8BrF3O3. The molecule has 18 heavy (non-hydrogen) atoms. The van der Waals surface area contributed by atoms with Crippen LogP contribution in [0.15, 0.2) is 22.7 Å². The van der Waals surface area contributed by atoms with E-state index in [1.807, 2.05) is 0 Å². The van der Waals surface area contributed by atoms with Crippen molar-refractivity contribution in [2.24, 2.45) is 0 Å². The van der Waals surface area contributed by atoms with E-state index in [9.17, 15) is 18.0 Å². The quantitative estimate of drug-likeness (QED) is 0.919. The smallest absolute Gasteiger partial charge is 0.344 e. The zero-order valence-corrected chi connectivity index (χ0v) is 10.7. The molecule has 0 spiro atoms. The molecule has 1 rings (SSSR count). The second-order valence-corrected chi connectivity index (χ2v) is 4.19. The third-order valence-electron chi connectivity index (χ3n) is 1.97. The lowest BCUT2D eigenvalue weighted by molar-refractivity contribution is -0.144. The summed E-state index contributed by atoms with van der Waals surface area (Å²) in [6.45, 7) is 1.21. The lowest BCUT2D eigenvalue weighted by Gasteiger charge is -2.13. The Morgan fingerprint density at radius 2 is 2.11 bits per heavy atom. The SMILES string of the molecule is CC(Oc1cc(F)c(Br)cc1C=C(F)F)C(=O)O. The van der Waals surface area contributed by atoms with Crippen LogP contribution in [-0.2, 0) is 4.79 Å². The van der Waals surface area contributed by atoms with Crippen LogP contribution in [0.4, 0.5) is 13.2 Å². The second-order valence-electron chi connectivity index (χ2n) is 3.34. The molecule has 0 aliphatic heterocycles. The highest BCUT2D eigenvalue weighted by Gasteiger charge is 2.16. The molecule has 3 nitrogen and oxygen atoms in total. The first kappa shape index (κ1) is 14.6. The molecule has 0 aromatic heterocycles. The normalized spacial score (nSPS) is 11.8. The molecule has 0 radical (unpaired) electrons. The Hall–Kier alpha value is -1.50. The Balaban J connectivity index is 3.19. The fraction of sp³-hybridized carbons (Fsp3) is 0.182. The van der Waals surface area contributed by atoms with Crippen LogP contribution < -0.4 is 4.74 Å². The molecule has 0 aliphatic rings. The standard InChI is InChI=1S/C11H8BrF3O3/c1-5(11(16)17)18-9-4-8(13)7(12)2-6(9)3-10(14)15/h2-5H,1H3,(H,16,17). The fourth-order valence-electron chi connectivity index (χ4n) is 1.12. The third-order valence-corrected chi connectivity index (χ3v) is 2.58. The minimum absolute atomic E-state index is 0.0228. The molecular weight excluding hydrogens is 317 g/mol. The lowest BCUT2D eigenvalue weighted by atomic mass is 10.2. The fourth-order valence-corrected chi connectivity index (χ4v) is 1.48. The van der Waals surface area contributed by atoms with Gasteiger partial charge in [-0.2, -0.15) is 8.78 Å². The summed E-state index contributed by atoms with van der Waals surface area (Å²) in [5, 5.41) is 8.65. The van der Waals surface area contributed by atoms with Gasteiger partial charge in [0.05, 0.1) is 4.47 Å². The van der Waals surface area contributed by atoms with E-state index in [0.29, 0.717) is 6.08 Å². The summed E-state index contributed by atoms with van der Waals surface area (Å²) in [7, 11) is 0. The first-order valence-electron chi connectivity index (χ1n) is 4.72. The van der Waals surface area contributed by atoms with Crippen LogP contribution in [0.2, 0.25) is 0 Å². The average Bonchev–Trinajstić information content (AvgIpc) is 2.24. The predicted octanol–water partition coefficient (Wildman–Crippen LogP) is 3.68. The van der Waals surface area contributed by atoms with Gasteiger partial charge in [0.2, 0.25) is 0 Å². The molecule has 0 saturated carbocycles. The summed E-state index contributed by atoms with van der Waals surface area (Å²) in [4.78, 5) is 10.6. The minimum atomic E-state index is -2.00. The Kier molecular flexibility index (Phi) is 4.77. The van der Waals surface area contributed by atoms with Crippen LogP contribution in [0.5, 0.6) is 5.75 Å². The summed E-state index contributed by atoms with van der Waals surface area (Å²) < 4.78 is 42.6. The van der Waals surface area contributed by atoms with Crippen LogP contribution in [0.25, 0.3) is 6.08 Å². The zero-order chi connectivity index (χ0) is 13.9. The van der Waals surface area contributed by atoms with E-state index < -0.39 is 24.0 Å². The van der Waals surface area contributed by atoms with Crippen molar-refractivity contribution < 1.29 is 27.8 Å². The van der Waals surface area contributed by atoms with Gasteiger partial charge in [-0.25, -0.2) is 9.18 Å². The molecule has 0 fully saturated rings. The van der Waals surface area contributed by atoms with Gasteiger partial charge >= 0.3 is 5.97 Å². The largest absolute Gasteiger partial charge is 0.479 e. The predicted molar refractivity (Wildman–Crippen MR) is 62.0 cm³/mol. The highest BCUT2D eigenvalue weighted by atomic mass is 79.9. The van der Waals surface area contributed by atoms with Crippen LogP contribution in [0.1, 0.15) is 12.5 Å². The van der Waals surface area contributed by atoms with Crippen molar-refractivity contribution >= 4 is 28.0 Å². The van der Waals surface area contributed by atoms with Gasteiger partial charge in [-0.1, -0.05) is 0 Å². The Bertz CT molecular complexity index is 499. The van der Waals surface area contributed by atoms with Crippen molar-refractivity contribution in [1.82, 2.24) is 0 Å². The summed E-state index contributed by atoms with van der Waals surface area (Å²) >= 11 is 2.84. The first-order valence-corrected chi connectivity index (χ1v) is 5.51. The second kappa shape index (κ2) is 5.90. The number of ether oxygens (including phenoxy) is 1. The number of carboxylic acid groups (broad SMARTS) is 1. The summed E-state index contributed by atoms with van der Waals surface area (Å²) in [6.07, 6.45) is -2.81. The molecule has 0 saturated heterocycles. The number of hydrogen-bond donors (Lipinski definition) is 1. The van der Waals surface area contributed by atoms with Gasteiger partial charge in [0.25, 0.3) is 6.08 Å². The molecule has 1 unspecified atom stereocenters. The van der Waals surface area contributed by atoms with E-state index >= 15 is 0 Å². The Labute approximate surface area is 109 Å². The Morgan fingerprint density at radius 1 is 1.50 bits per heavy atom. The van der Waals surface area contributed by atoms with E-state index in [-0.39, 0.29) is 15.8 Å². The molecule has 0 amide bonds. The number of aliphatic carboxylic acids is 1. The van der Waals surface area contributed by atoms with Gasteiger partial charge in [0.1, 0.15) is 11.6 Å². The summed E-state index contributed by atoms with van der Waals surface area (Å²) in [6, 6.07) is 1.93. The first-order chi connectivity index (χ1) is 8.31. The van der Waals surface area contributed by atoms with Crippen molar-refractivity contribution in [3.05, 3.63) is 34.1 Å². The number of halogens is 4. The van der Waals surface area contributed by atoms with Crippen molar-refractivity contribution in [2.75, 3.05) is 0 Å². The van der Waals surface area contributed by atoms with Gasteiger partial charge in [0.15, 0.2) is 6.10 Å². The van der Waals surface area contributed by atoms with E-state index in [4.69, 9.17) is 9.84 Å². The van der Waals surface area contributed by atoms with Gasteiger partial charge in [0, 0.05) is 17.7 Å². The Morgan fingerprint density at radius 3 is 2.61 bits per heavy atom. The number of benzene rings is 1. The monoisotopic (exact) mass is 324 g/mol. The molecule has 1 N–H and O–H groups in total. The van der Waals surface area contributed by atoms with Crippen LogP contribution >= 0.6 is 15.9 Å². The number of carboxylic acids is 1. The molecule has 1 atom stereocenters. The maximum Gasteiger partial charge on any atom is 0.344 e. The molecule has 1 aromatic carbocycles. The third kappa shape index (κ3) is 3.76. The van der Waals surface area contributed by atoms with Gasteiger partial charge in [-0.3, -0.25) is 0 Å². The average molecular weight is 325 g/mol. The van der Waals surface area contributed by atoms with Crippen molar-refractivity contribution in [2.45, 2.75) is 13.0 Å². The molecule has 7 heteroatoms. The minimum Gasteiger partial charge on any atom is -0.479 e. The van der Waals surface area contributed by atoms with Crippen molar-refractivity contribution in [3.63, 3.8) is 0 Å². The van der Waals surface area contributed by atoms with E-state index in [1.165, 1.54) is 6.92 Å². The number of hydrogen-bond acceptors (Lipinski definition) is 2. The van der Waals surface area contributed by atoms with E-state index in [0.717, 1.165) is 12.1 Å². The molecule has 98 valence electrons. The summed E-state index contributed by atoms with van der Waals surface area (Å²) in [5.74, 6) is -2.29. The molecule has 0 heterocycles. The van der Waals surface area contributed by atoms with Crippen molar-refractivity contribution in [3.8, 4) is 5.75 Å². The van der Waals surface area contributed by atoms with E-state index in [1.54, 1.807) is 0 Å². The topological polar surface area (TPSA) is 46.5 Å². The van der Waals surface area contributed by atoms with E-state index in [2.05, 4.69) is 15.9 Å². The number of carbonyl (C=O) groups is 1. The lowest BCUT2D eigenvalue weighted by Crippen LogP contribution is -2.23. The zero-order valence-electron chi connectivity index (χ0n) is 9.08. The van der Waals surface area contributed by atoms with Crippen LogP contribution in [0, 0.1) is 5.82 Å². The molecule has 0 aliphatic carbocycles. The molecule has 0 bridgehead atoms. The highest BCUT2D eigenvalue weighted by molar-refractivity contribution is 9.10. The van der Waals surface area contributed by atoms with Crippen LogP contribution in [-0.4, -0.2) is 17.2 Å². The van der Waals surface area contributed by atoms with Crippen molar-refractivity contribution in [1.29, 1.82) is 0 Å². The maximum atomic E-state index is 13.3. The van der Waals surface area contributed by atoms with Gasteiger partial charge in [-0.15, -0.1) is 0 Å². The summed E-state index contributed by atoms with van der Waals surface area (Å²) in [5.41, 5.74) is -0.114. The molecule has 1 aromatic rings. The number of rotatable bonds is 4. The van der Waals surface area contributed by atoms with Gasteiger partial charge in [-0.05, 0) is 28.9 Å². The highest BCUT2D eigenvalue weighted by Crippen LogP contribution is 2.29. The maximum absolute atomic E-state index is 13.3.